The number of nitrogens with zero attached hydrogens (tertiary/aromatic N) is 3. The molecule has 0 saturated heterocycles. The van der Waals surface area contributed by atoms with Gasteiger partial charge in [-0.3, -0.25) is 9.36 Å². The molecule has 0 spiro atoms. The molecule has 7 nitrogen and oxygen atoms in total. The number of halogens is 2. The summed E-state index contributed by atoms with van der Waals surface area (Å²) in [4.78, 5) is 34.0. The molecule has 0 bridgehead atoms. The van der Waals surface area contributed by atoms with Crippen molar-refractivity contribution in [2.24, 2.45) is 5.16 Å². The van der Waals surface area contributed by atoms with E-state index in [4.69, 9.17) is 4.84 Å². The highest BCUT2D eigenvalue weighted by Crippen LogP contribution is 2.29. The zero-order chi connectivity index (χ0) is 20.9. The van der Waals surface area contributed by atoms with Gasteiger partial charge in [0.15, 0.2) is 5.43 Å². The normalized spacial score (nSPS) is 18.6. The lowest BCUT2D eigenvalue weighted by atomic mass is 9.95. The predicted molar refractivity (Wildman–Crippen MR) is 101 cm³/mol. The molecule has 0 amide bonds. The van der Waals surface area contributed by atoms with Crippen LogP contribution in [0.1, 0.15) is 35.9 Å². The summed E-state index contributed by atoms with van der Waals surface area (Å²) in [6.45, 7) is 3.57. The van der Waals surface area contributed by atoms with Gasteiger partial charge in [0.25, 0.3) is 0 Å². The van der Waals surface area contributed by atoms with E-state index in [0.717, 1.165) is 22.8 Å². The van der Waals surface area contributed by atoms with Gasteiger partial charge in [-0.25, -0.2) is 18.6 Å². The Hall–Kier alpha value is -3.62. The predicted octanol–water partition coefficient (Wildman–Crippen LogP) is 3.24. The van der Waals surface area contributed by atoms with Gasteiger partial charge in [0.05, 0.1) is 28.4 Å². The Morgan fingerprint density at radius 2 is 1.97 bits per heavy atom. The van der Waals surface area contributed by atoms with Crippen molar-refractivity contribution in [1.82, 2.24) is 9.55 Å². The fourth-order valence-corrected chi connectivity index (χ4v) is 3.52. The van der Waals surface area contributed by atoms with E-state index < -0.39 is 28.7 Å². The molecule has 9 heteroatoms. The van der Waals surface area contributed by atoms with Crippen molar-refractivity contribution in [3.63, 3.8) is 0 Å². The van der Waals surface area contributed by atoms with E-state index in [1.807, 2.05) is 0 Å². The third-order valence-electron chi connectivity index (χ3n) is 4.85. The summed E-state index contributed by atoms with van der Waals surface area (Å²) in [6, 6.07) is 6.76. The highest BCUT2D eigenvalue weighted by molar-refractivity contribution is 5.92. The zero-order valence-electron chi connectivity index (χ0n) is 15.4. The number of aromatic nitrogens is 2. The van der Waals surface area contributed by atoms with Gasteiger partial charge in [-0.15, -0.1) is 0 Å². The first-order chi connectivity index (χ1) is 13.8. The van der Waals surface area contributed by atoms with E-state index in [-0.39, 0.29) is 28.7 Å². The summed E-state index contributed by atoms with van der Waals surface area (Å²) in [6.07, 6.45) is -0.315. The third-order valence-corrected chi connectivity index (χ3v) is 4.85. The van der Waals surface area contributed by atoms with Crippen LogP contribution in [0, 0.1) is 11.6 Å². The van der Waals surface area contributed by atoms with E-state index in [0.29, 0.717) is 17.5 Å². The highest BCUT2D eigenvalue weighted by atomic mass is 19.1. The number of pyridine rings is 2. The Morgan fingerprint density at radius 1 is 1.21 bits per heavy atom. The number of hydrogen-bond acceptors (Lipinski definition) is 5. The second kappa shape index (κ2) is 6.77. The van der Waals surface area contributed by atoms with Crippen molar-refractivity contribution in [3.05, 3.63) is 69.6 Å². The van der Waals surface area contributed by atoms with E-state index in [2.05, 4.69) is 10.1 Å². The zero-order valence-corrected chi connectivity index (χ0v) is 15.4. The Kier molecular flexibility index (Phi) is 4.37. The first kappa shape index (κ1) is 18.7. The molecule has 2 unspecified atom stereocenters. The average Bonchev–Trinajstić information content (AvgIpc) is 3.00. The number of carbonyl (C=O) groups is 1. The molecule has 1 aliphatic rings. The molecule has 3 heterocycles. The minimum absolute atomic E-state index is 0.0511. The maximum absolute atomic E-state index is 14.5. The summed E-state index contributed by atoms with van der Waals surface area (Å²) in [5.74, 6) is -3.56. The Morgan fingerprint density at radius 3 is 2.59 bits per heavy atom. The van der Waals surface area contributed by atoms with Crippen molar-refractivity contribution in [2.45, 2.75) is 25.9 Å². The van der Waals surface area contributed by atoms with E-state index in [1.165, 1.54) is 6.07 Å². The van der Waals surface area contributed by atoms with Gasteiger partial charge in [-0.05, 0) is 38.1 Å². The Bertz CT molecular complexity index is 1250. The lowest BCUT2D eigenvalue weighted by molar-refractivity contribution is 0.0687. The fourth-order valence-electron chi connectivity index (χ4n) is 3.52. The van der Waals surface area contributed by atoms with Crippen LogP contribution in [0.3, 0.4) is 0 Å². The van der Waals surface area contributed by atoms with Gasteiger partial charge in [-0.1, -0.05) is 5.16 Å². The maximum atomic E-state index is 14.5. The summed E-state index contributed by atoms with van der Waals surface area (Å²) in [7, 11) is 0. The number of carboxylic acids is 1. The van der Waals surface area contributed by atoms with Crippen molar-refractivity contribution < 1.29 is 23.5 Å². The van der Waals surface area contributed by atoms with Crippen LogP contribution in [0.5, 0.6) is 0 Å². The molecule has 4 rings (SSSR count). The molecule has 29 heavy (non-hydrogen) atoms. The van der Waals surface area contributed by atoms with Crippen molar-refractivity contribution in [1.29, 1.82) is 0 Å². The second-order valence-corrected chi connectivity index (χ2v) is 6.76. The highest BCUT2D eigenvalue weighted by Gasteiger charge is 2.31. The minimum Gasteiger partial charge on any atom is -0.477 e. The molecule has 148 valence electrons. The monoisotopic (exact) mass is 399 g/mol. The molecule has 1 aromatic carbocycles. The van der Waals surface area contributed by atoms with Gasteiger partial charge in [0.2, 0.25) is 0 Å². The van der Waals surface area contributed by atoms with Gasteiger partial charge in [0, 0.05) is 12.1 Å². The van der Waals surface area contributed by atoms with E-state index in [1.54, 1.807) is 19.9 Å². The van der Waals surface area contributed by atoms with Crippen molar-refractivity contribution in [3.8, 4) is 5.69 Å². The minimum atomic E-state index is -1.45. The molecule has 0 saturated carbocycles. The summed E-state index contributed by atoms with van der Waals surface area (Å²) < 4.78 is 28.9. The van der Waals surface area contributed by atoms with Crippen LogP contribution >= 0.6 is 0 Å². The van der Waals surface area contributed by atoms with Gasteiger partial charge in [0.1, 0.15) is 29.1 Å². The number of aromatic carboxylic acids is 1. The number of carboxylic acid groups (broad SMARTS) is 1. The van der Waals surface area contributed by atoms with Crippen LogP contribution in [0.25, 0.3) is 16.7 Å². The van der Waals surface area contributed by atoms with Crippen LogP contribution < -0.4 is 5.43 Å². The average molecular weight is 399 g/mol. The second-order valence-electron chi connectivity index (χ2n) is 6.76. The van der Waals surface area contributed by atoms with Gasteiger partial charge >= 0.3 is 5.97 Å². The largest absolute Gasteiger partial charge is 0.477 e. The number of fused-ring (bicyclic) bond motifs is 1. The lowest BCUT2D eigenvalue weighted by Crippen LogP contribution is -2.22. The molecular weight excluding hydrogens is 384 g/mol. The van der Waals surface area contributed by atoms with Crippen LogP contribution in [0.4, 0.5) is 8.78 Å². The van der Waals surface area contributed by atoms with Crippen molar-refractivity contribution >= 4 is 22.7 Å². The Balaban J connectivity index is 2.08. The molecule has 0 radical (unpaired) electrons. The quantitative estimate of drug-likeness (QED) is 0.730. The first-order valence-corrected chi connectivity index (χ1v) is 8.73. The summed E-state index contributed by atoms with van der Waals surface area (Å²) >= 11 is 0. The number of hydrogen-bond donors (Lipinski definition) is 1. The standard InChI is InChI=1S/C20H15F2N3O4/c1-9-18(10(2)29-24-9)14-5-4-12-17(26)8-16(20(27)28)25(19(12)23-14)15-6-3-11(21)7-13(15)22/h3-8,10,18H,1-2H3,(H,27,28). The fraction of sp³-hybridized carbons (Fsp3) is 0.200. The number of benzene rings is 1. The molecule has 0 aliphatic carbocycles. The molecule has 2 aromatic heterocycles. The first-order valence-electron chi connectivity index (χ1n) is 8.73. The maximum Gasteiger partial charge on any atom is 0.353 e. The topological polar surface area (TPSA) is 93.8 Å². The van der Waals surface area contributed by atoms with Crippen LogP contribution in [-0.2, 0) is 4.84 Å². The van der Waals surface area contributed by atoms with E-state index in [9.17, 15) is 23.5 Å². The lowest BCUT2D eigenvalue weighted by Gasteiger charge is -2.18. The molecule has 3 aromatic rings. The molecule has 2 atom stereocenters. The molecule has 0 fully saturated rings. The van der Waals surface area contributed by atoms with Crippen LogP contribution in [-0.4, -0.2) is 32.4 Å². The Labute approximate surface area is 162 Å². The molecular formula is C20H15F2N3O4. The molecule has 1 aliphatic heterocycles. The summed E-state index contributed by atoms with van der Waals surface area (Å²) in [5.41, 5.74) is -0.193. The van der Waals surface area contributed by atoms with Crippen LogP contribution in [0.2, 0.25) is 0 Å². The van der Waals surface area contributed by atoms with E-state index >= 15 is 0 Å². The number of rotatable bonds is 3. The van der Waals surface area contributed by atoms with Crippen molar-refractivity contribution in [2.75, 3.05) is 0 Å². The van der Waals surface area contributed by atoms with Gasteiger partial charge < -0.3 is 9.94 Å². The molecule has 1 N–H and O–H groups in total. The third kappa shape index (κ3) is 3.04. The SMILES string of the molecule is CC1=NOC(C)C1c1ccc2c(=O)cc(C(=O)O)n(-c3ccc(F)cc3F)c2n1. The summed E-state index contributed by atoms with van der Waals surface area (Å²) in [5, 5.41) is 13.6. The number of oxime groups is 1. The van der Waals surface area contributed by atoms with Crippen LogP contribution in [0.15, 0.2) is 46.3 Å². The smallest absolute Gasteiger partial charge is 0.353 e. The van der Waals surface area contributed by atoms with Gasteiger partial charge in [-0.2, -0.15) is 0 Å².